The first-order valence-electron chi connectivity index (χ1n) is 6.54. The Hall–Kier alpha value is -1.36. The van der Waals surface area contributed by atoms with E-state index in [0.717, 1.165) is 49.0 Å². The number of piperidine rings is 1. The van der Waals surface area contributed by atoms with Crippen molar-refractivity contribution in [2.45, 2.75) is 26.7 Å². The summed E-state index contributed by atoms with van der Waals surface area (Å²) in [6, 6.07) is 0. The average molecular weight is 250 g/mol. The van der Waals surface area contributed by atoms with E-state index in [9.17, 15) is 5.11 Å². The topological polar surface area (TPSA) is 61.3 Å². The molecule has 1 fully saturated rings. The second-order valence-corrected chi connectivity index (χ2v) is 4.93. The van der Waals surface area contributed by atoms with Crippen LogP contribution < -0.4 is 10.2 Å². The van der Waals surface area contributed by atoms with Crippen molar-refractivity contribution >= 4 is 11.6 Å². The molecule has 0 aromatic carbocycles. The number of aryl methyl sites for hydroxylation is 1. The molecule has 0 atom stereocenters. The maximum atomic E-state index is 9.17. The van der Waals surface area contributed by atoms with Gasteiger partial charge in [-0.15, -0.1) is 0 Å². The van der Waals surface area contributed by atoms with Crippen molar-refractivity contribution in [3.8, 4) is 0 Å². The van der Waals surface area contributed by atoms with E-state index >= 15 is 0 Å². The summed E-state index contributed by atoms with van der Waals surface area (Å²) in [4.78, 5) is 11.3. The first-order chi connectivity index (χ1) is 8.65. The zero-order chi connectivity index (χ0) is 13.1. The van der Waals surface area contributed by atoms with E-state index in [1.807, 2.05) is 14.0 Å². The van der Waals surface area contributed by atoms with Gasteiger partial charge in [-0.25, -0.2) is 9.97 Å². The molecule has 2 N–H and O–H groups in total. The zero-order valence-corrected chi connectivity index (χ0v) is 11.4. The van der Waals surface area contributed by atoms with Gasteiger partial charge in [0.05, 0.1) is 0 Å². The second kappa shape index (κ2) is 5.52. The number of anilines is 2. The van der Waals surface area contributed by atoms with E-state index in [-0.39, 0.29) is 0 Å². The van der Waals surface area contributed by atoms with Gasteiger partial charge in [0, 0.05) is 32.3 Å². The summed E-state index contributed by atoms with van der Waals surface area (Å²) >= 11 is 0. The van der Waals surface area contributed by atoms with Crippen LogP contribution in [0.2, 0.25) is 0 Å². The highest BCUT2D eigenvalue weighted by Gasteiger charge is 2.22. The molecule has 0 bridgehead atoms. The molecule has 0 radical (unpaired) electrons. The minimum Gasteiger partial charge on any atom is -0.396 e. The number of nitrogens with zero attached hydrogens (tertiary/aromatic N) is 3. The van der Waals surface area contributed by atoms with E-state index in [2.05, 4.69) is 27.1 Å². The van der Waals surface area contributed by atoms with Gasteiger partial charge in [0.25, 0.3) is 0 Å². The van der Waals surface area contributed by atoms with Crippen molar-refractivity contribution in [3.63, 3.8) is 0 Å². The van der Waals surface area contributed by atoms with Crippen LogP contribution in [0.15, 0.2) is 0 Å². The quantitative estimate of drug-likeness (QED) is 0.848. The Kier molecular flexibility index (Phi) is 4.01. The number of rotatable bonds is 3. The molecule has 1 saturated heterocycles. The molecule has 1 aromatic heterocycles. The van der Waals surface area contributed by atoms with Crippen molar-refractivity contribution in [1.82, 2.24) is 9.97 Å². The maximum Gasteiger partial charge on any atom is 0.137 e. The van der Waals surface area contributed by atoms with Gasteiger partial charge in [0.15, 0.2) is 0 Å². The minimum atomic E-state index is 0.303. The Labute approximate surface area is 108 Å². The van der Waals surface area contributed by atoms with Gasteiger partial charge in [-0.2, -0.15) is 0 Å². The molecule has 100 valence electrons. The molecule has 1 aromatic rings. The van der Waals surface area contributed by atoms with Gasteiger partial charge >= 0.3 is 0 Å². The molecule has 2 rings (SSSR count). The predicted octanol–water partition coefficient (Wildman–Crippen LogP) is 1.34. The van der Waals surface area contributed by atoms with Crippen molar-refractivity contribution in [2.24, 2.45) is 5.92 Å². The Morgan fingerprint density at radius 3 is 2.50 bits per heavy atom. The minimum absolute atomic E-state index is 0.303. The molecule has 1 aliphatic rings. The molecule has 0 aliphatic carbocycles. The normalized spacial score (nSPS) is 17.0. The summed E-state index contributed by atoms with van der Waals surface area (Å²) in [6.45, 7) is 6.21. The van der Waals surface area contributed by atoms with E-state index in [1.54, 1.807) is 0 Å². The smallest absolute Gasteiger partial charge is 0.137 e. The third-order valence-corrected chi connectivity index (χ3v) is 3.64. The molecule has 5 heteroatoms. The van der Waals surface area contributed by atoms with Gasteiger partial charge in [0.1, 0.15) is 17.5 Å². The summed E-state index contributed by atoms with van der Waals surface area (Å²) in [6.07, 6.45) is 2.07. The lowest BCUT2D eigenvalue weighted by Gasteiger charge is -2.33. The molecular weight excluding hydrogens is 228 g/mol. The van der Waals surface area contributed by atoms with Crippen LogP contribution in [0.25, 0.3) is 0 Å². The SMILES string of the molecule is CNc1nc(C)nc(N2CCC(CO)CC2)c1C. The van der Waals surface area contributed by atoms with Crippen LogP contribution in [-0.4, -0.2) is 41.8 Å². The van der Waals surface area contributed by atoms with Gasteiger partial charge < -0.3 is 15.3 Å². The van der Waals surface area contributed by atoms with Crippen LogP contribution in [0.4, 0.5) is 11.6 Å². The van der Waals surface area contributed by atoms with Crippen LogP contribution in [0.3, 0.4) is 0 Å². The number of aliphatic hydroxyl groups excluding tert-OH is 1. The first-order valence-corrected chi connectivity index (χ1v) is 6.54. The monoisotopic (exact) mass is 250 g/mol. The van der Waals surface area contributed by atoms with Crippen LogP contribution in [0.1, 0.15) is 24.2 Å². The van der Waals surface area contributed by atoms with Crippen LogP contribution >= 0.6 is 0 Å². The van der Waals surface area contributed by atoms with E-state index in [4.69, 9.17) is 0 Å². The lowest BCUT2D eigenvalue weighted by molar-refractivity contribution is 0.202. The molecule has 5 nitrogen and oxygen atoms in total. The van der Waals surface area contributed by atoms with Crippen molar-refractivity contribution in [1.29, 1.82) is 0 Å². The Morgan fingerprint density at radius 1 is 1.28 bits per heavy atom. The number of nitrogens with one attached hydrogen (secondary N) is 1. The standard InChI is InChI=1S/C13H22N4O/c1-9-12(14-3)15-10(2)16-13(9)17-6-4-11(8-18)5-7-17/h11,18H,4-8H2,1-3H3,(H,14,15,16). The van der Waals surface area contributed by atoms with Crippen molar-refractivity contribution < 1.29 is 5.11 Å². The Bertz CT molecular complexity index is 414. The van der Waals surface area contributed by atoms with Gasteiger partial charge in [-0.3, -0.25) is 0 Å². The average Bonchev–Trinajstić information content (AvgIpc) is 2.41. The predicted molar refractivity (Wildman–Crippen MR) is 73.1 cm³/mol. The Morgan fingerprint density at radius 2 is 1.94 bits per heavy atom. The zero-order valence-electron chi connectivity index (χ0n) is 11.4. The fraction of sp³-hybridized carbons (Fsp3) is 0.692. The van der Waals surface area contributed by atoms with Gasteiger partial charge in [-0.05, 0) is 32.6 Å². The summed E-state index contributed by atoms with van der Waals surface area (Å²) in [5.41, 5.74) is 1.10. The molecule has 2 heterocycles. The van der Waals surface area contributed by atoms with Crippen molar-refractivity contribution in [2.75, 3.05) is 37.0 Å². The molecule has 1 aliphatic heterocycles. The molecule has 0 amide bonds. The van der Waals surface area contributed by atoms with Gasteiger partial charge in [0.2, 0.25) is 0 Å². The third-order valence-electron chi connectivity index (χ3n) is 3.64. The van der Waals surface area contributed by atoms with E-state index < -0.39 is 0 Å². The lowest BCUT2D eigenvalue weighted by Crippen LogP contribution is -2.36. The highest BCUT2D eigenvalue weighted by molar-refractivity contribution is 5.58. The number of hydrogen-bond donors (Lipinski definition) is 2. The third kappa shape index (κ3) is 2.56. The molecule has 0 unspecified atom stereocenters. The molecule has 0 spiro atoms. The highest BCUT2D eigenvalue weighted by atomic mass is 16.3. The van der Waals surface area contributed by atoms with Crippen LogP contribution in [-0.2, 0) is 0 Å². The molecular formula is C13H22N4O. The number of aromatic nitrogens is 2. The van der Waals surface area contributed by atoms with Crippen LogP contribution in [0.5, 0.6) is 0 Å². The first kappa shape index (κ1) is 13.1. The maximum absolute atomic E-state index is 9.17. The second-order valence-electron chi connectivity index (χ2n) is 4.93. The van der Waals surface area contributed by atoms with Gasteiger partial charge in [-0.1, -0.05) is 0 Å². The van der Waals surface area contributed by atoms with E-state index in [1.165, 1.54) is 0 Å². The summed E-state index contributed by atoms with van der Waals surface area (Å²) in [5, 5.41) is 12.3. The lowest BCUT2D eigenvalue weighted by atomic mass is 9.98. The molecule has 18 heavy (non-hydrogen) atoms. The number of aliphatic hydroxyl groups is 1. The Balaban J connectivity index is 2.21. The fourth-order valence-corrected chi connectivity index (χ4v) is 2.49. The highest BCUT2D eigenvalue weighted by Crippen LogP contribution is 2.27. The molecule has 0 saturated carbocycles. The summed E-state index contributed by atoms with van der Waals surface area (Å²) < 4.78 is 0. The summed E-state index contributed by atoms with van der Waals surface area (Å²) in [7, 11) is 1.89. The van der Waals surface area contributed by atoms with Crippen LogP contribution in [0, 0.1) is 19.8 Å². The largest absolute Gasteiger partial charge is 0.396 e. The van der Waals surface area contributed by atoms with Crippen molar-refractivity contribution in [3.05, 3.63) is 11.4 Å². The number of hydrogen-bond acceptors (Lipinski definition) is 5. The fourth-order valence-electron chi connectivity index (χ4n) is 2.49. The summed E-state index contributed by atoms with van der Waals surface area (Å²) in [5.74, 6) is 3.18. The van der Waals surface area contributed by atoms with E-state index in [0.29, 0.717) is 12.5 Å².